The summed E-state index contributed by atoms with van der Waals surface area (Å²) in [5.41, 5.74) is 6.64. The van der Waals surface area contributed by atoms with Crippen LogP contribution in [-0.4, -0.2) is 10.2 Å². The van der Waals surface area contributed by atoms with Crippen LogP contribution in [0.15, 0.2) is 6.07 Å². The summed E-state index contributed by atoms with van der Waals surface area (Å²) in [6.45, 7) is 0. The highest BCUT2D eigenvalue weighted by atomic mass is 15.2. The number of nitrogen functional groups attached to an aromatic ring is 1. The first-order valence-electron chi connectivity index (χ1n) is 3.98. The number of nitrogens with two attached hydrogens (primary N) is 1. The second-order valence-corrected chi connectivity index (χ2v) is 3.05. The molecular weight excluding hydrogens is 138 g/mol. The molecule has 3 N–H and O–H groups in total. The molecule has 0 aliphatic heterocycles. The number of aromatic amines is 1. The van der Waals surface area contributed by atoms with Gasteiger partial charge in [-0.15, -0.1) is 0 Å². The summed E-state index contributed by atoms with van der Waals surface area (Å²) in [5.74, 6) is 1.29. The average Bonchev–Trinajstić information content (AvgIpc) is 2.55. The zero-order valence-corrected chi connectivity index (χ0v) is 6.38. The number of hydrogen-bond acceptors (Lipinski definition) is 2. The largest absolute Gasteiger partial charge is 0.384 e. The van der Waals surface area contributed by atoms with Crippen LogP contribution in [0.25, 0.3) is 0 Å². The molecule has 0 saturated heterocycles. The van der Waals surface area contributed by atoms with Crippen LogP contribution in [0.2, 0.25) is 0 Å². The molecular formula is C8H12N3. The summed E-state index contributed by atoms with van der Waals surface area (Å²) in [4.78, 5) is 0. The Morgan fingerprint density at radius 3 is 3.09 bits per heavy atom. The maximum atomic E-state index is 5.52. The normalized spacial score (nSPS) is 19.3. The molecule has 2 rings (SSSR count). The molecule has 1 radical (unpaired) electrons. The van der Waals surface area contributed by atoms with Gasteiger partial charge in [-0.3, -0.25) is 5.10 Å². The average molecular weight is 150 g/mol. The number of nitrogens with one attached hydrogen (secondary N) is 1. The third kappa shape index (κ3) is 1.23. The molecule has 0 amide bonds. The first kappa shape index (κ1) is 6.70. The molecule has 1 aliphatic carbocycles. The monoisotopic (exact) mass is 150 g/mol. The van der Waals surface area contributed by atoms with E-state index in [2.05, 4.69) is 16.6 Å². The van der Waals surface area contributed by atoms with Gasteiger partial charge in [-0.2, -0.15) is 5.10 Å². The number of anilines is 1. The second kappa shape index (κ2) is 2.57. The Hall–Kier alpha value is -0.990. The van der Waals surface area contributed by atoms with E-state index in [4.69, 9.17) is 5.73 Å². The van der Waals surface area contributed by atoms with Crippen LogP contribution in [0.4, 0.5) is 5.82 Å². The number of aromatic nitrogens is 2. The highest BCUT2D eigenvalue weighted by molar-refractivity contribution is 5.30. The lowest BCUT2D eigenvalue weighted by atomic mass is 10.1. The molecule has 11 heavy (non-hydrogen) atoms. The second-order valence-electron chi connectivity index (χ2n) is 3.05. The van der Waals surface area contributed by atoms with Crippen LogP contribution in [-0.2, 0) is 0 Å². The summed E-state index contributed by atoms with van der Waals surface area (Å²) < 4.78 is 0. The summed E-state index contributed by atoms with van der Waals surface area (Å²) in [7, 11) is 0. The molecule has 3 nitrogen and oxygen atoms in total. The summed E-state index contributed by atoms with van der Waals surface area (Å²) in [6, 6.07) is 1.93. The van der Waals surface area contributed by atoms with Crippen molar-refractivity contribution in [2.24, 2.45) is 0 Å². The van der Waals surface area contributed by atoms with Gasteiger partial charge in [0.2, 0.25) is 0 Å². The van der Waals surface area contributed by atoms with Crippen LogP contribution in [0, 0.1) is 6.42 Å². The molecule has 59 valence electrons. The topological polar surface area (TPSA) is 54.7 Å². The van der Waals surface area contributed by atoms with E-state index in [1.807, 2.05) is 6.07 Å². The SMILES string of the molecule is Nc1cc([C@H]2C[CH]CC2)n[nH]1. The Bertz CT molecular complexity index is 235. The molecule has 1 saturated carbocycles. The van der Waals surface area contributed by atoms with E-state index in [1.165, 1.54) is 12.8 Å². The van der Waals surface area contributed by atoms with E-state index < -0.39 is 0 Å². The molecule has 1 aromatic heterocycles. The lowest BCUT2D eigenvalue weighted by molar-refractivity contribution is 0.699. The third-order valence-electron chi connectivity index (χ3n) is 2.21. The quantitative estimate of drug-likeness (QED) is 0.636. The minimum atomic E-state index is 0.614. The van der Waals surface area contributed by atoms with E-state index in [1.54, 1.807) is 0 Å². The Morgan fingerprint density at radius 1 is 1.64 bits per heavy atom. The first-order chi connectivity index (χ1) is 5.36. The molecule has 1 atom stereocenters. The molecule has 3 heteroatoms. The van der Waals surface area contributed by atoms with Crippen LogP contribution >= 0.6 is 0 Å². The summed E-state index contributed by atoms with van der Waals surface area (Å²) in [6.07, 6.45) is 5.92. The fraction of sp³-hybridized carbons (Fsp3) is 0.500. The van der Waals surface area contributed by atoms with Crippen LogP contribution < -0.4 is 5.73 Å². The van der Waals surface area contributed by atoms with Gasteiger partial charge in [0.15, 0.2) is 0 Å². The summed E-state index contributed by atoms with van der Waals surface area (Å²) >= 11 is 0. The lowest BCUT2D eigenvalue weighted by Crippen LogP contribution is -1.91. The van der Waals surface area contributed by atoms with Gasteiger partial charge in [0.05, 0.1) is 5.69 Å². The Morgan fingerprint density at radius 2 is 2.55 bits per heavy atom. The molecule has 1 heterocycles. The molecule has 0 unspecified atom stereocenters. The lowest BCUT2D eigenvalue weighted by Gasteiger charge is -2.01. The fourth-order valence-corrected chi connectivity index (χ4v) is 1.59. The van der Waals surface area contributed by atoms with E-state index in [0.717, 1.165) is 12.1 Å². The van der Waals surface area contributed by atoms with E-state index >= 15 is 0 Å². The Balaban J connectivity index is 2.15. The zero-order valence-electron chi connectivity index (χ0n) is 6.38. The number of H-pyrrole nitrogens is 1. The van der Waals surface area contributed by atoms with Crippen LogP contribution in [0.1, 0.15) is 30.9 Å². The Labute approximate surface area is 66.0 Å². The van der Waals surface area contributed by atoms with Gasteiger partial charge in [-0.1, -0.05) is 0 Å². The predicted molar refractivity (Wildman–Crippen MR) is 43.9 cm³/mol. The van der Waals surface area contributed by atoms with Crippen molar-refractivity contribution in [1.82, 2.24) is 10.2 Å². The minimum Gasteiger partial charge on any atom is -0.384 e. The van der Waals surface area contributed by atoms with Crippen molar-refractivity contribution in [1.29, 1.82) is 0 Å². The third-order valence-corrected chi connectivity index (χ3v) is 2.21. The van der Waals surface area contributed by atoms with Crippen molar-refractivity contribution < 1.29 is 0 Å². The summed E-state index contributed by atoms with van der Waals surface area (Å²) in [5, 5.41) is 6.89. The fourth-order valence-electron chi connectivity index (χ4n) is 1.59. The molecule has 1 fully saturated rings. The minimum absolute atomic E-state index is 0.614. The smallest absolute Gasteiger partial charge is 0.119 e. The molecule has 1 aliphatic rings. The van der Waals surface area contributed by atoms with Crippen LogP contribution in [0.3, 0.4) is 0 Å². The molecule has 0 aromatic carbocycles. The number of rotatable bonds is 1. The van der Waals surface area contributed by atoms with Crippen molar-refractivity contribution >= 4 is 5.82 Å². The van der Waals surface area contributed by atoms with Gasteiger partial charge in [0.1, 0.15) is 5.82 Å². The predicted octanol–water partition coefficient (Wildman–Crippen LogP) is 1.46. The number of nitrogens with zero attached hydrogens (tertiary/aromatic N) is 1. The van der Waals surface area contributed by atoms with E-state index in [9.17, 15) is 0 Å². The van der Waals surface area contributed by atoms with Gasteiger partial charge < -0.3 is 5.73 Å². The van der Waals surface area contributed by atoms with E-state index in [0.29, 0.717) is 11.7 Å². The standard InChI is InChI=1S/C8H12N3/c9-8-5-7(10-11-8)6-3-1-2-4-6/h1,5-6H,2-4H2,(H3,9,10,11)/t6-/m0/s1. The van der Waals surface area contributed by atoms with Crippen molar-refractivity contribution in [3.05, 3.63) is 18.2 Å². The maximum absolute atomic E-state index is 5.52. The van der Waals surface area contributed by atoms with Gasteiger partial charge in [0, 0.05) is 12.0 Å². The van der Waals surface area contributed by atoms with Crippen LogP contribution in [0.5, 0.6) is 0 Å². The van der Waals surface area contributed by atoms with Crippen molar-refractivity contribution in [2.75, 3.05) is 5.73 Å². The maximum Gasteiger partial charge on any atom is 0.119 e. The van der Waals surface area contributed by atoms with Crippen molar-refractivity contribution in [2.45, 2.75) is 25.2 Å². The first-order valence-corrected chi connectivity index (χ1v) is 3.98. The van der Waals surface area contributed by atoms with Gasteiger partial charge in [-0.05, 0) is 25.7 Å². The molecule has 0 bridgehead atoms. The van der Waals surface area contributed by atoms with E-state index in [-0.39, 0.29) is 0 Å². The van der Waals surface area contributed by atoms with Crippen molar-refractivity contribution in [3.63, 3.8) is 0 Å². The molecule has 1 aromatic rings. The zero-order chi connectivity index (χ0) is 7.68. The van der Waals surface area contributed by atoms with Gasteiger partial charge in [0.25, 0.3) is 0 Å². The Kier molecular flexibility index (Phi) is 1.56. The van der Waals surface area contributed by atoms with Gasteiger partial charge in [-0.25, -0.2) is 0 Å². The molecule has 0 spiro atoms. The number of hydrogen-bond donors (Lipinski definition) is 2. The van der Waals surface area contributed by atoms with Crippen molar-refractivity contribution in [3.8, 4) is 0 Å². The highest BCUT2D eigenvalue weighted by Crippen LogP contribution is 2.32. The highest BCUT2D eigenvalue weighted by Gasteiger charge is 2.19. The van der Waals surface area contributed by atoms with Gasteiger partial charge >= 0.3 is 0 Å².